The molecule has 0 bridgehead atoms. The molecule has 0 aliphatic heterocycles. The predicted molar refractivity (Wildman–Crippen MR) is 319 cm³/mol. The summed E-state index contributed by atoms with van der Waals surface area (Å²) >= 11 is 0. The molecule has 364 valence electrons. The Labute approximate surface area is 439 Å². The molecule has 10 aromatic rings. The molecule has 4 aliphatic carbocycles. The summed E-state index contributed by atoms with van der Waals surface area (Å²) in [5.41, 5.74) is 17.3. The minimum atomic E-state index is -0.216. The molecule has 4 heteroatoms. The van der Waals surface area contributed by atoms with E-state index in [-0.39, 0.29) is 5.41 Å². The van der Waals surface area contributed by atoms with Crippen molar-refractivity contribution in [3.63, 3.8) is 0 Å². The lowest BCUT2D eigenvalue weighted by Crippen LogP contribution is -2.39. The van der Waals surface area contributed by atoms with Gasteiger partial charge in [-0.05, 0) is 133 Å². The predicted octanol–water partition coefficient (Wildman–Crippen LogP) is 17.3. The second-order valence-electron chi connectivity index (χ2n) is 21.5. The topological polar surface area (TPSA) is 16.3 Å². The van der Waals surface area contributed by atoms with Crippen molar-refractivity contribution in [1.29, 1.82) is 0 Å². The number of fused-ring (bicyclic) bond motifs is 8. The molecular formula is C71H60N4. The first kappa shape index (κ1) is 45.0. The van der Waals surface area contributed by atoms with Crippen molar-refractivity contribution in [3.8, 4) is 5.69 Å². The SMILES string of the molecule is CC1CC=c2ccccc2=C1N(C1=CCC(C)(c2ccc(N(c3ccc4c(c3)c3c(n4C4=CC=CCC4)C(C)CC=C3)c3cccc4ccccc34)cc2)C=C1)c1ccc2c(c1)c1ccccc1n2-c1ccccc1. The molecule has 0 spiro atoms. The average molecular weight is 969 g/mol. The van der Waals surface area contributed by atoms with Gasteiger partial charge in [-0.15, -0.1) is 0 Å². The van der Waals surface area contributed by atoms with Gasteiger partial charge < -0.3 is 18.9 Å². The Kier molecular flexibility index (Phi) is 10.9. The summed E-state index contributed by atoms with van der Waals surface area (Å²) in [6.45, 7) is 7.18. The van der Waals surface area contributed by atoms with Gasteiger partial charge in [0.1, 0.15) is 0 Å². The number of rotatable bonds is 9. The van der Waals surface area contributed by atoms with Gasteiger partial charge in [0.2, 0.25) is 0 Å². The Bertz CT molecular complexity index is 4210. The Balaban J connectivity index is 0.858. The van der Waals surface area contributed by atoms with Crippen molar-refractivity contribution >= 4 is 89.8 Å². The van der Waals surface area contributed by atoms with Gasteiger partial charge in [0, 0.05) is 95.1 Å². The summed E-state index contributed by atoms with van der Waals surface area (Å²) in [5.74, 6) is 0.756. The van der Waals surface area contributed by atoms with Gasteiger partial charge in [-0.1, -0.05) is 172 Å². The monoisotopic (exact) mass is 968 g/mol. The van der Waals surface area contributed by atoms with Gasteiger partial charge in [0.05, 0.1) is 22.2 Å². The number of hydrogen-bond acceptors (Lipinski definition) is 2. The quantitative estimate of drug-likeness (QED) is 0.143. The molecule has 8 aromatic carbocycles. The number of aromatic nitrogens is 2. The molecule has 2 heterocycles. The molecule has 0 radical (unpaired) electrons. The van der Waals surface area contributed by atoms with Gasteiger partial charge in [0.25, 0.3) is 0 Å². The van der Waals surface area contributed by atoms with Crippen molar-refractivity contribution in [1.82, 2.24) is 9.13 Å². The van der Waals surface area contributed by atoms with Gasteiger partial charge in [0.15, 0.2) is 0 Å². The summed E-state index contributed by atoms with van der Waals surface area (Å²) < 4.78 is 4.99. The third kappa shape index (κ3) is 7.49. The van der Waals surface area contributed by atoms with E-state index in [2.05, 4.69) is 276 Å². The Hall–Kier alpha value is -8.60. The number of hydrogen-bond donors (Lipinski definition) is 0. The molecule has 0 fully saturated rings. The first-order chi connectivity index (χ1) is 36.9. The smallest absolute Gasteiger partial charge is 0.0542 e. The molecule has 0 saturated heterocycles. The van der Waals surface area contributed by atoms with E-state index in [1.165, 1.54) is 105 Å². The molecule has 0 N–H and O–H groups in total. The van der Waals surface area contributed by atoms with E-state index >= 15 is 0 Å². The van der Waals surface area contributed by atoms with Crippen molar-refractivity contribution in [2.75, 3.05) is 9.80 Å². The zero-order chi connectivity index (χ0) is 50.2. The van der Waals surface area contributed by atoms with Crippen LogP contribution in [0.15, 0.2) is 230 Å². The van der Waals surface area contributed by atoms with E-state index in [0.717, 1.165) is 43.5 Å². The molecule has 14 rings (SSSR count). The normalized spacial score (nSPS) is 19.0. The summed E-state index contributed by atoms with van der Waals surface area (Å²) in [6.07, 6.45) is 26.4. The van der Waals surface area contributed by atoms with Crippen molar-refractivity contribution in [3.05, 3.63) is 257 Å². The Morgan fingerprint density at radius 2 is 1.25 bits per heavy atom. The van der Waals surface area contributed by atoms with Crippen LogP contribution in [-0.4, -0.2) is 9.13 Å². The molecule has 0 amide bonds. The van der Waals surface area contributed by atoms with E-state index in [1.54, 1.807) is 0 Å². The first-order valence-electron chi connectivity index (χ1n) is 27.1. The van der Waals surface area contributed by atoms with E-state index in [1.807, 2.05) is 0 Å². The zero-order valence-corrected chi connectivity index (χ0v) is 43.0. The van der Waals surface area contributed by atoms with Gasteiger partial charge in [-0.3, -0.25) is 0 Å². The second kappa shape index (κ2) is 18.1. The first-order valence-corrected chi connectivity index (χ1v) is 27.1. The maximum atomic E-state index is 2.58. The lowest BCUT2D eigenvalue weighted by Gasteiger charge is -2.37. The van der Waals surface area contributed by atoms with Crippen LogP contribution >= 0.6 is 0 Å². The molecule has 0 saturated carbocycles. The Morgan fingerprint density at radius 1 is 0.547 bits per heavy atom. The van der Waals surface area contributed by atoms with E-state index in [4.69, 9.17) is 0 Å². The van der Waals surface area contributed by atoms with E-state index in [0.29, 0.717) is 11.8 Å². The number of benzene rings is 8. The fourth-order valence-electron chi connectivity index (χ4n) is 12.9. The minimum absolute atomic E-state index is 0.216. The third-order valence-corrected chi connectivity index (χ3v) is 16.8. The fourth-order valence-corrected chi connectivity index (χ4v) is 12.9. The standard InChI is InChI=1S/C71H60N4/c1-48-18-16-29-62-64-46-57(38-41-68(64)75(70(48)62)54-24-8-5-9-25-54)72(65-31-17-21-50-19-10-12-26-59(50)65)55-36-34-52(35-37-55)71(3)44-42-56(43-45-71)73(69-49(2)32-33-51-20-11-13-27-60(51)69)58-39-40-67-63(47-58)61-28-14-15-30-66(61)74(67)53-22-6-4-7-23-53/h4-8,10-17,19-24,26-31,33-44,46-49H,9,18,25,32,45H2,1-3H3. The lowest BCUT2D eigenvalue weighted by molar-refractivity contribution is 0.595. The molecular weight excluding hydrogens is 909 g/mol. The minimum Gasteiger partial charge on any atom is -0.316 e. The highest BCUT2D eigenvalue weighted by Gasteiger charge is 2.31. The Morgan fingerprint density at radius 3 is 2.07 bits per heavy atom. The zero-order valence-electron chi connectivity index (χ0n) is 43.0. The van der Waals surface area contributed by atoms with Crippen LogP contribution in [-0.2, 0) is 5.41 Å². The molecule has 4 aliphatic rings. The van der Waals surface area contributed by atoms with Crippen LogP contribution in [0.5, 0.6) is 0 Å². The van der Waals surface area contributed by atoms with Gasteiger partial charge in [-0.2, -0.15) is 0 Å². The maximum Gasteiger partial charge on any atom is 0.0542 e. The second-order valence-corrected chi connectivity index (χ2v) is 21.5. The summed E-state index contributed by atoms with van der Waals surface area (Å²) in [4.78, 5) is 5.06. The fraction of sp³-hybridized carbons (Fsp3) is 0.155. The van der Waals surface area contributed by atoms with Crippen LogP contribution in [0.1, 0.15) is 75.6 Å². The molecule has 3 unspecified atom stereocenters. The number of allylic oxidation sites excluding steroid dienone is 8. The van der Waals surface area contributed by atoms with Gasteiger partial charge in [-0.25, -0.2) is 0 Å². The van der Waals surface area contributed by atoms with E-state index < -0.39 is 0 Å². The van der Waals surface area contributed by atoms with Crippen LogP contribution in [0.25, 0.3) is 72.7 Å². The van der Waals surface area contributed by atoms with Gasteiger partial charge >= 0.3 is 0 Å². The number of anilines is 4. The highest BCUT2D eigenvalue weighted by molar-refractivity contribution is 6.11. The molecule has 75 heavy (non-hydrogen) atoms. The highest BCUT2D eigenvalue weighted by Crippen LogP contribution is 2.47. The molecule has 4 nitrogen and oxygen atoms in total. The average Bonchev–Trinajstić information content (AvgIpc) is 3.98. The highest BCUT2D eigenvalue weighted by atomic mass is 15.2. The van der Waals surface area contributed by atoms with Crippen molar-refractivity contribution < 1.29 is 0 Å². The van der Waals surface area contributed by atoms with Crippen molar-refractivity contribution in [2.45, 2.75) is 64.2 Å². The third-order valence-electron chi connectivity index (χ3n) is 16.8. The van der Waals surface area contributed by atoms with Crippen LogP contribution in [0.4, 0.5) is 22.7 Å². The summed E-state index contributed by atoms with van der Waals surface area (Å²) in [7, 11) is 0. The lowest BCUT2D eigenvalue weighted by atomic mass is 9.76. The summed E-state index contributed by atoms with van der Waals surface area (Å²) in [5, 5.41) is 8.88. The number of para-hydroxylation sites is 2. The van der Waals surface area contributed by atoms with E-state index in [9.17, 15) is 0 Å². The van der Waals surface area contributed by atoms with Crippen LogP contribution in [0, 0.1) is 5.92 Å². The maximum absolute atomic E-state index is 2.58. The summed E-state index contributed by atoms with van der Waals surface area (Å²) in [6, 6.07) is 67.8. The largest absolute Gasteiger partial charge is 0.316 e. The van der Waals surface area contributed by atoms with Crippen LogP contribution in [0.3, 0.4) is 0 Å². The number of nitrogens with zero attached hydrogens (tertiary/aromatic N) is 4. The van der Waals surface area contributed by atoms with Crippen LogP contribution in [0.2, 0.25) is 0 Å². The molecule has 3 atom stereocenters. The van der Waals surface area contributed by atoms with Crippen LogP contribution < -0.4 is 20.2 Å². The molecule has 2 aromatic heterocycles. The van der Waals surface area contributed by atoms with Crippen molar-refractivity contribution in [2.24, 2.45) is 5.92 Å².